The Hall–Kier alpha value is -2.01. The van der Waals surface area contributed by atoms with Crippen LogP contribution < -0.4 is 5.73 Å². The lowest BCUT2D eigenvalue weighted by atomic mass is 10.2. The molecule has 19 heavy (non-hydrogen) atoms. The van der Waals surface area contributed by atoms with E-state index in [9.17, 15) is 4.79 Å². The van der Waals surface area contributed by atoms with Crippen molar-refractivity contribution < 1.29 is 9.53 Å². The lowest BCUT2D eigenvalue weighted by Crippen LogP contribution is -2.06. The minimum atomic E-state index is -0.443. The van der Waals surface area contributed by atoms with Gasteiger partial charge in [-0.25, -0.2) is 9.78 Å². The smallest absolute Gasteiger partial charge is 0.340 e. The molecule has 0 bridgehead atoms. The molecule has 0 aliphatic rings. The molecule has 0 amide bonds. The van der Waals surface area contributed by atoms with E-state index in [1.54, 1.807) is 17.8 Å². The zero-order valence-corrected chi connectivity index (χ0v) is 11.3. The van der Waals surface area contributed by atoms with Crippen molar-refractivity contribution in [2.45, 2.75) is 10.8 Å². The number of nitrogen functional groups attached to an aromatic ring is 1. The average molecular weight is 274 g/mol. The molecule has 0 radical (unpaired) electrons. The molecule has 0 atom stereocenters. The van der Waals surface area contributed by atoms with E-state index in [0.29, 0.717) is 11.3 Å². The van der Waals surface area contributed by atoms with Gasteiger partial charge in [-0.3, -0.25) is 0 Å². The molecule has 0 saturated heterocycles. The summed E-state index contributed by atoms with van der Waals surface area (Å²) in [6.07, 6.45) is 1.49. The monoisotopic (exact) mass is 274 g/mol. The average Bonchev–Trinajstić information content (AvgIpc) is 2.46. The van der Waals surface area contributed by atoms with Crippen molar-refractivity contribution >= 4 is 23.4 Å². The van der Waals surface area contributed by atoms with Gasteiger partial charge in [0, 0.05) is 5.75 Å². The second kappa shape index (κ2) is 6.24. The van der Waals surface area contributed by atoms with Gasteiger partial charge in [-0.1, -0.05) is 30.3 Å². The van der Waals surface area contributed by atoms with Crippen LogP contribution in [0.3, 0.4) is 0 Å². The molecule has 2 aromatic rings. The number of esters is 1. The standard InChI is InChI=1S/C14H14N2O2S/c1-18-14(17)11-7-13(16-8-12(11)15)19-9-10-5-3-2-4-6-10/h2-8H,9,15H2,1H3. The normalized spacial score (nSPS) is 10.2. The summed E-state index contributed by atoms with van der Waals surface area (Å²) in [4.78, 5) is 15.7. The van der Waals surface area contributed by atoms with E-state index in [4.69, 9.17) is 5.73 Å². The molecule has 5 heteroatoms. The predicted octanol–water partition coefficient (Wildman–Crippen LogP) is 2.74. The molecule has 0 aliphatic heterocycles. The molecule has 0 aliphatic carbocycles. The summed E-state index contributed by atoms with van der Waals surface area (Å²) in [5, 5.41) is 0.749. The minimum Gasteiger partial charge on any atom is -0.465 e. The molecule has 98 valence electrons. The first-order chi connectivity index (χ1) is 9.20. The van der Waals surface area contributed by atoms with E-state index in [1.807, 2.05) is 30.3 Å². The molecule has 1 aromatic heterocycles. The molecular weight excluding hydrogens is 260 g/mol. The van der Waals surface area contributed by atoms with Gasteiger partial charge in [0.05, 0.1) is 29.6 Å². The first-order valence-electron chi connectivity index (χ1n) is 5.71. The molecule has 0 unspecified atom stereocenters. The largest absolute Gasteiger partial charge is 0.465 e. The quantitative estimate of drug-likeness (QED) is 0.686. The molecule has 0 saturated carbocycles. The Morgan fingerprint density at radius 3 is 2.79 bits per heavy atom. The van der Waals surface area contributed by atoms with Gasteiger partial charge < -0.3 is 10.5 Å². The number of ether oxygens (including phenoxy) is 1. The van der Waals surface area contributed by atoms with Gasteiger partial charge in [0.2, 0.25) is 0 Å². The Balaban J connectivity index is 2.11. The Bertz CT molecular complexity index is 573. The maximum absolute atomic E-state index is 11.5. The van der Waals surface area contributed by atoms with Crippen molar-refractivity contribution in [1.29, 1.82) is 0 Å². The SMILES string of the molecule is COC(=O)c1cc(SCc2ccccc2)ncc1N. The number of methoxy groups -OCH3 is 1. The zero-order valence-electron chi connectivity index (χ0n) is 10.5. The van der Waals surface area contributed by atoms with Crippen LogP contribution in [-0.4, -0.2) is 18.1 Å². The van der Waals surface area contributed by atoms with Crippen molar-refractivity contribution in [3.05, 3.63) is 53.7 Å². The molecule has 1 heterocycles. The molecule has 0 fully saturated rings. The number of carbonyl (C=O) groups excluding carboxylic acids is 1. The Labute approximate surface area is 116 Å². The number of benzene rings is 1. The first-order valence-corrected chi connectivity index (χ1v) is 6.70. The van der Waals surface area contributed by atoms with Crippen molar-refractivity contribution in [2.75, 3.05) is 12.8 Å². The third-order valence-electron chi connectivity index (χ3n) is 2.54. The molecule has 1 aromatic carbocycles. The highest BCUT2D eigenvalue weighted by molar-refractivity contribution is 7.98. The molecule has 4 nitrogen and oxygen atoms in total. The van der Waals surface area contributed by atoms with Crippen LogP contribution in [0.5, 0.6) is 0 Å². The van der Waals surface area contributed by atoms with Crippen LogP contribution in [0.1, 0.15) is 15.9 Å². The fraction of sp³-hybridized carbons (Fsp3) is 0.143. The Morgan fingerprint density at radius 2 is 2.11 bits per heavy atom. The second-order valence-electron chi connectivity index (χ2n) is 3.88. The maximum atomic E-state index is 11.5. The van der Waals surface area contributed by atoms with Crippen LogP contribution in [-0.2, 0) is 10.5 Å². The van der Waals surface area contributed by atoms with Crippen LogP contribution in [0, 0.1) is 0 Å². The number of hydrogen-bond donors (Lipinski definition) is 1. The molecule has 2 rings (SSSR count). The van der Waals surface area contributed by atoms with E-state index >= 15 is 0 Å². The summed E-state index contributed by atoms with van der Waals surface area (Å²) in [5.74, 6) is 0.347. The third kappa shape index (κ3) is 3.48. The van der Waals surface area contributed by atoms with E-state index in [1.165, 1.54) is 18.9 Å². The highest BCUT2D eigenvalue weighted by atomic mass is 32.2. The summed E-state index contributed by atoms with van der Waals surface area (Å²) in [6.45, 7) is 0. The minimum absolute atomic E-state index is 0.330. The van der Waals surface area contributed by atoms with Gasteiger partial charge in [0.1, 0.15) is 0 Å². The molecule has 0 spiro atoms. The van der Waals surface area contributed by atoms with Gasteiger partial charge in [0.25, 0.3) is 0 Å². The number of thioether (sulfide) groups is 1. The fourth-order valence-corrected chi connectivity index (χ4v) is 2.38. The van der Waals surface area contributed by atoms with Crippen molar-refractivity contribution in [1.82, 2.24) is 4.98 Å². The number of pyridine rings is 1. The number of nitrogens with zero attached hydrogens (tertiary/aromatic N) is 1. The van der Waals surface area contributed by atoms with E-state index in [-0.39, 0.29) is 0 Å². The van der Waals surface area contributed by atoms with Crippen molar-refractivity contribution in [2.24, 2.45) is 0 Å². The summed E-state index contributed by atoms with van der Waals surface area (Å²) in [6, 6.07) is 11.7. The van der Waals surface area contributed by atoms with Gasteiger partial charge in [-0.2, -0.15) is 0 Å². The van der Waals surface area contributed by atoms with Gasteiger partial charge in [-0.05, 0) is 11.6 Å². The lowest BCUT2D eigenvalue weighted by Gasteiger charge is -2.06. The van der Waals surface area contributed by atoms with Crippen molar-refractivity contribution in [3.63, 3.8) is 0 Å². The Kier molecular flexibility index (Phi) is 4.41. The van der Waals surface area contributed by atoms with Crippen LogP contribution >= 0.6 is 11.8 Å². The lowest BCUT2D eigenvalue weighted by molar-refractivity contribution is 0.0601. The number of carbonyl (C=O) groups is 1. The number of nitrogens with two attached hydrogens (primary N) is 1. The highest BCUT2D eigenvalue weighted by Crippen LogP contribution is 2.24. The molecule has 2 N–H and O–H groups in total. The van der Waals surface area contributed by atoms with Gasteiger partial charge in [0.15, 0.2) is 0 Å². The topological polar surface area (TPSA) is 65.2 Å². The van der Waals surface area contributed by atoms with E-state index < -0.39 is 5.97 Å². The first kappa shape index (κ1) is 13.4. The second-order valence-corrected chi connectivity index (χ2v) is 4.87. The predicted molar refractivity (Wildman–Crippen MR) is 76.0 cm³/mol. The van der Waals surface area contributed by atoms with Crippen LogP contribution in [0.25, 0.3) is 0 Å². The maximum Gasteiger partial charge on any atom is 0.340 e. The van der Waals surface area contributed by atoms with Crippen LogP contribution in [0.4, 0.5) is 5.69 Å². The number of rotatable bonds is 4. The zero-order chi connectivity index (χ0) is 13.7. The van der Waals surface area contributed by atoms with Crippen LogP contribution in [0.15, 0.2) is 47.6 Å². The fourth-order valence-electron chi connectivity index (χ4n) is 1.54. The summed E-state index contributed by atoms with van der Waals surface area (Å²) < 4.78 is 4.68. The summed E-state index contributed by atoms with van der Waals surface area (Å²) in [5.41, 5.74) is 7.58. The third-order valence-corrected chi connectivity index (χ3v) is 3.54. The summed E-state index contributed by atoms with van der Waals surface area (Å²) in [7, 11) is 1.33. The van der Waals surface area contributed by atoms with Gasteiger partial charge >= 0.3 is 5.97 Å². The van der Waals surface area contributed by atoms with Crippen LogP contribution in [0.2, 0.25) is 0 Å². The molecular formula is C14H14N2O2S. The summed E-state index contributed by atoms with van der Waals surface area (Å²) >= 11 is 1.55. The Morgan fingerprint density at radius 1 is 1.37 bits per heavy atom. The number of hydrogen-bond acceptors (Lipinski definition) is 5. The number of anilines is 1. The van der Waals surface area contributed by atoms with E-state index in [0.717, 1.165) is 10.8 Å². The van der Waals surface area contributed by atoms with Gasteiger partial charge in [-0.15, -0.1) is 11.8 Å². The number of aromatic nitrogens is 1. The van der Waals surface area contributed by atoms with Crippen molar-refractivity contribution in [3.8, 4) is 0 Å². The van der Waals surface area contributed by atoms with E-state index in [2.05, 4.69) is 9.72 Å². The highest BCUT2D eigenvalue weighted by Gasteiger charge is 2.11.